The Morgan fingerprint density at radius 3 is 2.62 bits per heavy atom. The van der Waals surface area contributed by atoms with Gasteiger partial charge in [-0.15, -0.1) is 11.3 Å². The van der Waals surface area contributed by atoms with Crippen molar-refractivity contribution in [1.82, 2.24) is 0 Å². The van der Waals surface area contributed by atoms with Crippen LogP contribution in [-0.4, -0.2) is 21.5 Å². The number of unbranched alkanes of at least 4 members (excludes halogenated alkanes) is 1. The fourth-order valence-electron chi connectivity index (χ4n) is 1.51. The molecule has 0 radical (unpaired) electrons. The van der Waals surface area contributed by atoms with Crippen LogP contribution in [0.25, 0.3) is 0 Å². The summed E-state index contributed by atoms with van der Waals surface area (Å²) < 4.78 is 11.6. The van der Waals surface area contributed by atoms with Crippen LogP contribution in [-0.2, 0) is 10.8 Å². The van der Waals surface area contributed by atoms with Gasteiger partial charge in [-0.2, -0.15) is 0 Å². The largest absolute Gasteiger partial charge is 0.293 e. The molecule has 0 aliphatic rings. The minimum atomic E-state index is -0.994. The Bertz CT molecular complexity index is 394. The van der Waals surface area contributed by atoms with Crippen LogP contribution < -0.4 is 0 Å². The van der Waals surface area contributed by atoms with Crippen molar-refractivity contribution in [3.05, 3.63) is 21.4 Å². The molecular formula is C12H18O2S2. The first-order valence-corrected chi connectivity index (χ1v) is 7.80. The van der Waals surface area contributed by atoms with E-state index in [4.69, 9.17) is 0 Å². The quantitative estimate of drug-likeness (QED) is 0.735. The van der Waals surface area contributed by atoms with Crippen molar-refractivity contribution in [3.63, 3.8) is 0 Å². The van der Waals surface area contributed by atoms with Gasteiger partial charge in [0.25, 0.3) is 0 Å². The lowest BCUT2D eigenvalue weighted by Crippen LogP contribution is -2.13. The molecule has 0 saturated carbocycles. The Balaban J connectivity index is 2.59. The molecule has 0 fully saturated rings. The van der Waals surface area contributed by atoms with E-state index in [1.165, 1.54) is 0 Å². The van der Waals surface area contributed by atoms with Gasteiger partial charge in [0, 0.05) is 31.9 Å². The van der Waals surface area contributed by atoms with E-state index in [1.807, 2.05) is 19.9 Å². The maximum atomic E-state index is 11.9. The summed E-state index contributed by atoms with van der Waals surface area (Å²) in [5.41, 5.74) is 0.757. The van der Waals surface area contributed by atoms with Crippen LogP contribution in [0.3, 0.4) is 0 Å². The molecule has 1 heterocycles. The summed E-state index contributed by atoms with van der Waals surface area (Å²) in [4.78, 5) is 14.0. The second kappa shape index (κ2) is 6.30. The van der Waals surface area contributed by atoms with Gasteiger partial charge in [0.05, 0.1) is 5.75 Å². The Labute approximate surface area is 104 Å². The normalized spacial score (nSPS) is 12.7. The molecule has 90 valence electrons. The Morgan fingerprint density at radius 2 is 2.12 bits per heavy atom. The van der Waals surface area contributed by atoms with Gasteiger partial charge in [0.1, 0.15) is 0 Å². The van der Waals surface area contributed by atoms with Crippen LogP contribution in [0.1, 0.15) is 39.9 Å². The maximum Gasteiger partial charge on any atom is 0.176 e. The van der Waals surface area contributed by atoms with Gasteiger partial charge in [-0.05, 0) is 26.3 Å². The van der Waals surface area contributed by atoms with Crippen molar-refractivity contribution < 1.29 is 9.00 Å². The molecule has 2 nitrogen and oxygen atoms in total. The standard InChI is InChI=1S/C12H18O2S2/c1-4-5-6-16(14)8-12(13)11-7-9(2)15-10(11)3/h7H,4-6,8H2,1-3H3. The van der Waals surface area contributed by atoms with E-state index < -0.39 is 10.8 Å². The summed E-state index contributed by atoms with van der Waals surface area (Å²) in [6.45, 7) is 5.99. The molecule has 0 aliphatic heterocycles. The van der Waals surface area contributed by atoms with Gasteiger partial charge in [-0.1, -0.05) is 13.3 Å². The molecule has 0 aliphatic carbocycles. The number of aryl methyl sites for hydroxylation is 2. The molecule has 0 spiro atoms. The molecule has 0 saturated heterocycles. The first-order valence-electron chi connectivity index (χ1n) is 5.49. The van der Waals surface area contributed by atoms with Crippen LogP contribution in [0.2, 0.25) is 0 Å². The third-order valence-electron chi connectivity index (χ3n) is 2.36. The second-order valence-electron chi connectivity index (χ2n) is 3.89. The number of hydrogen-bond acceptors (Lipinski definition) is 3. The zero-order chi connectivity index (χ0) is 12.1. The summed E-state index contributed by atoms with van der Waals surface area (Å²) in [7, 11) is -0.994. The molecule has 1 atom stereocenters. The molecule has 0 amide bonds. The SMILES string of the molecule is CCCCS(=O)CC(=O)c1cc(C)sc1C. The molecule has 0 N–H and O–H groups in total. The summed E-state index contributed by atoms with van der Waals surface area (Å²) in [6.07, 6.45) is 1.96. The summed E-state index contributed by atoms with van der Waals surface area (Å²) in [5, 5.41) is 0. The monoisotopic (exact) mass is 258 g/mol. The van der Waals surface area contributed by atoms with Gasteiger partial charge in [0.2, 0.25) is 0 Å². The molecule has 16 heavy (non-hydrogen) atoms. The van der Waals surface area contributed by atoms with E-state index in [1.54, 1.807) is 11.3 Å². The van der Waals surface area contributed by atoms with Crippen molar-refractivity contribution in [3.8, 4) is 0 Å². The first-order chi connectivity index (χ1) is 7.54. The van der Waals surface area contributed by atoms with Gasteiger partial charge in [-0.25, -0.2) is 0 Å². The smallest absolute Gasteiger partial charge is 0.176 e. The third kappa shape index (κ3) is 3.83. The average Bonchev–Trinajstić information content (AvgIpc) is 2.54. The molecule has 1 unspecified atom stereocenters. The average molecular weight is 258 g/mol. The van der Waals surface area contributed by atoms with Crippen molar-refractivity contribution >= 4 is 27.9 Å². The maximum absolute atomic E-state index is 11.9. The zero-order valence-corrected chi connectivity index (χ0v) is 11.7. The number of rotatable bonds is 6. The molecule has 1 aromatic heterocycles. The second-order valence-corrected chi connectivity index (χ2v) is 6.93. The zero-order valence-electron chi connectivity index (χ0n) is 10.0. The van der Waals surface area contributed by atoms with Crippen molar-refractivity contribution in [1.29, 1.82) is 0 Å². The van der Waals surface area contributed by atoms with Crippen LogP contribution in [0.15, 0.2) is 6.07 Å². The molecule has 0 bridgehead atoms. The number of thiophene rings is 1. The van der Waals surface area contributed by atoms with Gasteiger partial charge in [-0.3, -0.25) is 9.00 Å². The molecule has 0 aromatic carbocycles. The lowest BCUT2D eigenvalue weighted by atomic mass is 10.2. The molecule has 1 rings (SSSR count). The van der Waals surface area contributed by atoms with Crippen LogP contribution in [0.5, 0.6) is 0 Å². The first kappa shape index (κ1) is 13.6. The number of carbonyl (C=O) groups excluding carboxylic acids is 1. The van der Waals surface area contributed by atoms with Crippen LogP contribution >= 0.6 is 11.3 Å². The van der Waals surface area contributed by atoms with Crippen LogP contribution in [0, 0.1) is 13.8 Å². The highest BCUT2D eigenvalue weighted by Gasteiger charge is 2.14. The van der Waals surface area contributed by atoms with Crippen LogP contribution in [0.4, 0.5) is 0 Å². The topological polar surface area (TPSA) is 34.1 Å². The van der Waals surface area contributed by atoms with Crippen molar-refractivity contribution in [2.45, 2.75) is 33.6 Å². The Kier molecular flexibility index (Phi) is 5.35. The van der Waals surface area contributed by atoms with E-state index in [9.17, 15) is 9.00 Å². The third-order valence-corrected chi connectivity index (χ3v) is 4.65. The fraction of sp³-hybridized carbons (Fsp3) is 0.583. The summed E-state index contributed by atoms with van der Waals surface area (Å²) in [5.74, 6) is 0.845. The van der Waals surface area contributed by atoms with E-state index >= 15 is 0 Å². The lowest BCUT2D eigenvalue weighted by molar-refractivity contribution is 0.102. The van der Waals surface area contributed by atoms with Gasteiger partial charge < -0.3 is 0 Å². The highest BCUT2D eigenvalue weighted by atomic mass is 32.2. The Morgan fingerprint density at radius 1 is 1.44 bits per heavy atom. The highest BCUT2D eigenvalue weighted by Crippen LogP contribution is 2.21. The number of carbonyl (C=O) groups is 1. The minimum Gasteiger partial charge on any atom is -0.293 e. The number of ketones is 1. The van der Waals surface area contributed by atoms with Gasteiger partial charge >= 0.3 is 0 Å². The Hall–Kier alpha value is -0.480. The predicted octanol–water partition coefficient (Wildman–Crippen LogP) is 3.10. The predicted molar refractivity (Wildman–Crippen MR) is 70.9 cm³/mol. The van der Waals surface area contributed by atoms with E-state index in [0.717, 1.165) is 28.2 Å². The van der Waals surface area contributed by atoms with E-state index in [2.05, 4.69) is 6.92 Å². The molecular weight excluding hydrogens is 240 g/mol. The van der Waals surface area contributed by atoms with E-state index in [-0.39, 0.29) is 11.5 Å². The van der Waals surface area contributed by atoms with E-state index in [0.29, 0.717) is 5.75 Å². The molecule has 1 aromatic rings. The van der Waals surface area contributed by atoms with Crippen molar-refractivity contribution in [2.24, 2.45) is 0 Å². The van der Waals surface area contributed by atoms with Gasteiger partial charge in [0.15, 0.2) is 5.78 Å². The minimum absolute atomic E-state index is 0.0243. The number of Topliss-reactive ketones (excluding diaryl/α,β-unsaturated/α-hetero) is 1. The van der Waals surface area contributed by atoms with Crippen molar-refractivity contribution in [2.75, 3.05) is 11.5 Å². The lowest BCUT2D eigenvalue weighted by Gasteiger charge is -2.00. The summed E-state index contributed by atoms with van der Waals surface area (Å²) >= 11 is 1.62. The summed E-state index contributed by atoms with van der Waals surface area (Å²) in [6, 6.07) is 1.90. The highest BCUT2D eigenvalue weighted by molar-refractivity contribution is 7.85. The fourth-order valence-corrected chi connectivity index (χ4v) is 3.65. The number of hydrogen-bond donors (Lipinski definition) is 0. The molecule has 4 heteroatoms.